The van der Waals surface area contributed by atoms with Crippen molar-refractivity contribution in [2.24, 2.45) is 0 Å². The molecule has 1 unspecified atom stereocenters. The van der Waals surface area contributed by atoms with Crippen LogP contribution in [0.25, 0.3) is 16.9 Å². The van der Waals surface area contributed by atoms with E-state index in [1.807, 2.05) is 41.0 Å². The smallest absolute Gasteiger partial charge is 0.329 e. The molecule has 1 atom stereocenters. The number of anilines is 2. The lowest BCUT2D eigenvalue weighted by atomic mass is 10.1. The summed E-state index contributed by atoms with van der Waals surface area (Å²) in [5.41, 5.74) is 3.07. The first kappa shape index (κ1) is 18.7. The van der Waals surface area contributed by atoms with E-state index in [2.05, 4.69) is 32.5 Å². The fourth-order valence-corrected chi connectivity index (χ4v) is 3.58. The van der Waals surface area contributed by atoms with E-state index in [4.69, 9.17) is 0 Å². The summed E-state index contributed by atoms with van der Waals surface area (Å²) >= 11 is 0. The number of imide groups is 1. The Labute approximate surface area is 177 Å². The van der Waals surface area contributed by atoms with Crippen LogP contribution in [-0.4, -0.2) is 38.0 Å². The van der Waals surface area contributed by atoms with Crippen LogP contribution in [0, 0.1) is 0 Å². The Morgan fingerprint density at radius 3 is 2.68 bits per heavy atom. The zero-order valence-electron chi connectivity index (χ0n) is 16.7. The first-order chi connectivity index (χ1) is 15.1. The molecular weight excluding hydrogens is 394 g/mol. The predicted molar refractivity (Wildman–Crippen MR) is 116 cm³/mol. The van der Waals surface area contributed by atoms with Crippen molar-refractivity contribution in [2.75, 3.05) is 16.8 Å². The summed E-state index contributed by atoms with van der Waals surface area (Å²) in [6.07, 6.45) is 3.35. The molecule has 0 radical (unpaired) electrons. The molecule has 0 saturated carbocycles. The van der Waals surface area contributed by atoms with Gasteiger partial charge in [-0.15, -0.1) is 0 Å². The molecule has 1 aliphatic heterocycles. The summed E-state index contributed by atoms with van der Waals surface area (Å²) in [4.78, 5) is 38.4. The van der Waals surface area contributed by atoms with Crippen LogP contribution < -0.4 is 15.5 Å². The molecule has 9 heteroatoms. The average Bonchev–Trinajstić information content (AvgIpc) is 3.36. The van der Waals surface area contributed by atoms with Gasteiger partial charge in [-0.25, -0.2) is 19.7 Å². The molecule has 3 amide bonds. The molecule has 0 aliphatic carbocycles. The molecule has 3 heterocycles. The topological polar surface area (TPSA) is 105 Å². The average molecular weight is 413 g/mol. The van der Waals surface area contributed by atoms with Crippen LogP contribution in [-0.2, 0) is 4.79 Å². The van der Waals surface area contributed by atoms with Gasteiger partial charge in [0, 0.05) is 6.20 Å². The highest BCUT2D eigenvalue weighted by atomic mass is 16.2. The fourth-order valence-electron chi connectivity index (χ4n) is 3.58. The van der Waals surface area contributed by atoms with E-state index in [9.17, 15) is 9.59 Å². The highest BCUT2D eigenvalue weighted by Gasteiger charge is 2.30. The molecule has 2 aromatic carbocycles. The Hall–Kier alpha value is -4.27. The summed E-state index contributed by atoms with van der Waals surface area (Å²) in [7, 11) is 0. The molecule has 0 spiro atoms. The van der Waals surface area contributed by atoms with Gasteiger partial charge in [-0.05, 0) is 36.8 Å². The fraction of sp³-hybridized carbons (Fsp3) is 0.136. The summed E-state index contributed by atoms with van der Waals surface area (Å²) in [6, 6.07) is 16.7. The number of benzene rings is 2. The van der Waals surface area contributed by atoms with E-state index in [0.29, 0.717) is 23.0 Å². The molecule has 2 N–H and O–H groups in total. The SMILES string of the molecule is CC(Nc1nccc(-n2cnc3cc(N4C(=O)CNC4=O)ccc32)n1)c1ccccc1. The second-order valence-corrected chi connectivity index (χ2v) is 7.19. The summed E-state index contributed by atoms with van der Waals surface area (Å²) in [5.74, 6) is 0.873. The zero-order chi connectivity index (χ0) is 21.4. The first-order valence-corrected chi connectivity index (χ1v) is 9.83. The van der Waals surface area contributed by atoms with E-state index in [-0.39, 0.29) is 18.5 Å². The van der Waals surface area contributed by atoms with E-state index >= 15 is 0 Å². The highest BCUT2D eigenvalue weighted by molar-refractivity contribution is 6.20. The van der Waals surface area contributed by atoms with E-state index in [1.165, 1.54) is 0 Å². The Morgan fingerprint density at radius 2 is 1.90 bits per heavy atom. The minimum Gasteiger partial charge on any atom is -0.348 e. The predicted octanol–water partition coefficient (Wildman–Crippen LogP) is 3.04. The number of carbonyl (C=O) groups is 2. The van der Waals surface area contributed by atoms with Crippen LogP contribution in [0.1, 0.15) is 18.5 Å². The lowest BCUT2D eigenvalue weighted by Crippen LogP contribution is -2.30. The van der Waals surface area contributed by atoms with Gasteiger partial charge in [0.05, 0.1) is 29.3 Å². The largest absolute Gasteiger partial charge is 0.348 e. The molecule has 1 fully saturated rings. The monoisotopic (exact) mass is 413 g/mol. The highest BCUT2D eigenvalue weighted by Crippen LogP contribution is 2.25. The molecule has 31 heavy (non-hydrogen) atoms. The van der Waals surface area contributed by atoms with Gasteiger partial charge in [-0.3, -0.25) is 9.36 Å². The van der Waals surface area contributed by atoms with Crippen molar-refractivity contribution < 1.29 is 9.59 Å². The number of amides is 3. The number of rotatable bonds is 5. The minimum absolute atomic E-state index is 0.00340. The van der Waals surface area contributed by atoms with Gasteiger partial charge in [0.15, 0.2) is 0 Å². The van der Waals surface area contributed by atoms with Crippen molar-refractivity contribution in [1.29, 1.82) is 0 Å². The van der Waals surface area contributed by atoms with E-state index in [0.717, 1.165) is 16.0 Å². The number of hydrogen-bond donors (Lipinski definition) is 2. The number of fused-ring (bicyclic) bond motifs is 1. The maximum Gasteiger partial charge on any atom is 0.329 e. The van der Waals surface area contributed by atoms with Crippen LogP contribution in [0.2, 0.25) is 0 Å². The second kappa shape index (κ2) is 7.52. The van der Waals surface area contributed by atoms with Gasteiger partial charge in [-0.2, -0.15) is 4.98 Å². The van der Waals surface area contributed by atoms with Crippen molar-refractivity contribution in [1.82, 2.24) is 24.8 Å². The van der Waals surface area contributed by atoms with Gasteiger partial charge in [0.25, 0.3) is 5.91 Å². The Balaban J connectivity index is 1.44. The van der Waals surface area contributed by atoms with Crippen LogP contribution in [0.4, 0.5) is 16.4 Å². The molecule has 1 aliphatic rings. The number of urea groups is 1. The third-order valence-electron chi connectivity index (χ3n) is 5.17. The number of carbonyl (C=O) groups excluding carboxylic acids is 2. The van der Waals surface area contributed by atoms with Gasteiger partial charge in [0.1, 0.15) is 12.1 Å². The van der Waals surface area contributed by atoms with Crippen molar-refractivity contribution >= 4 is 34.6 Å². The van der Waals surface area contributed by atoms with Crippen molar-refractivity contribution in [3.05, 3.63) is 72.7 Å². The molecule has 154 valence electrons. The lowest BCUT2D eigenvalue weighted by molar-refractivity contribution is -0.115. The normalized spacial score (nSPS) is 14.7. The molecule has 9 nitrogen and oxygen atoms in total. The standard InChI is InChI=1S/C22H19N7O2/c1-14(15-5-3-2-4-6-15)26-21-23-10-9-19(27-21)28-13-25-17-11-16(7-8-18(17)28)29-20(30)12-24-22(29)31/h2-11,13-14H,12H2,1H3,(H,24,31)(H,23,26,27). The van der Waals surface area contributed by atoms with Crippen molar-refractivity contribution in [3.8, 4) is 5.82 Å². The third kappa shape index (κ3) is 3.46. The zero-order valence-corrected chi connectivity index (χ0v) is 16.7. The lowest BCUT2D eigenvalue weighted by Gasteiger charge is -2.15. The molecule has 1 saturated heterocycles. The van der Waals surface area contributed by atoms with E-state index < -0.39 is 6.03 Å². The van der Waals surface area contributed by atoms with Gasteiger partial charge in [-0.1, -0.05) is 30.3 Å². The van der Waals surface area contributed by atoms with Crippen LogP contribution in [0.5, 0.6) is 0 Å². The summed E-state index contributed by atoms with van der Waals surface area (Å²) < 4.78 is 1.84. The van der Waals surface area contributed by atoms with Crippen LogP contribution in [0.15, 0.2) is 67.1 Å². The van der Waals surface area contributed by atoms with Gasteiger partial charge in [0.2, 0.25) is 5.95 Å². The molecule has 0 bridgehead atoms. The Kier molecular flexibility index (Phi) is 4.55. The molecule has 5 rings (SSSR count). The molecule has 4 aromatic rings. The van der Waals surface area contributed by atoms with Crippen LogP contribution in [0.3, 0.4) is 0 Å². The number of nitrogens with zero attached hydrogens (tertiary/aromatic N) is 5. The van der Waals surface area contributed by atoms with Gasteiger partial charge < -0.3 is 10.6 Å². The van der Waals surface area contributed by atoms with Gasteiger partial charge >= 0.3 is 6.03 Å². The minimum atomic E-state index is -0.428. The third-order valence-corrected chi connectivity index (χ3v) is 5.17. The summed E-state index contributed by atoms with van der Waals surface area (Å²) in [5, 5.41) is 5.84. The van der Waals surface area contributed by atoms with Crippen LogP contribution >= 0.6 is 0 Å². The maximum atomic E-state index is 12.0. The Bertz CT molecular complexity index is 1270. The maximum absolute atomic E-state index is 12.0. The van der Waals surface area contributed by atoms with E-state index in [1.54, 1.807) is 30.7 Å². The second-order valence-electron chi connectivity index (χ2n) is 7.19. The first-order valence-electron chi connectivity index (χ1n) is 9.83. The quantitative estimate of drug-likeness (QED) is 0.487. The summed E-state index contributed by atoms with van der Waals surface area (Å²) in [6.45, 7) is 2.05. The number of aromatic nitrogens is 4. The number of hydrogen-bond acceptors (Lipinski definition) is 6. The number of nitrogens with one attached hydrogen (secondary N) is 2. The Morgan fingerprint density at radius 1 is 1.06 bits per heavy atom. The molecule has 2 aromatic heterocycles. The van der Waals surface area contributed by atoms with Crippen molar-refractivity contribution in [2.45, 2.75) is 13.0 Å². The number of imidazole rings is 1. The van der Waals surface area contributed by atoms with Crippen molar-refractivity contribution in [3.63, 3.8) is 0 Å². The molecular formula is C22H19N7O2.